The van der Waals surface area contributed by atoms with Crippen molar-refractivity contribution in [2.75, 3.05) is 0 Å². The minimum atomic E-state index is -0.681. The maximum atomic E-state index is 12.8. The number of amides is 1. The molecule has 0 fully saturated rings. The highest BCUT2D eigenvalue weighted by Gasteiger charge is 2.05. The van der Waals surface area contributed by atoms with Crippen molar-refractivity contribution in [3.63, 3.8) is 0 Å². The summed E-state index contributed by atoms with van der Waals surface area (Å²) in [5.41, 5.74) is 4.80. The highest BCUT2D eigenvalue weighted by molar-refractivity contribution is 5.76. The molecule has 0 aliphatic rings. The molecule has 1 rings (SSSR count). The number of carbonyl (C=O) groups excluding carboxylic acids is 1. The van der Waals surface area contributed by atoms with Crippen molar-refractivity contribution in [2.24, 2.45) is 5.73 Å². The van der Waals surface area contributed by atoms with E-state index >= 15 is 0 Å². The molecular weight excluding hydrogens is 164 g/mol. The summed E-state index contributed by atoms with van der Waals surface area (Å²) in [5, 5.41) is 0. The van der Waals surface area contributed by atoms with Crippen LogP contribution < -0.4 is 5.73 Å². The molecule has 1 amide bonds. The molecule has 0 saturated carbocycles. The second-order valence-electron chi connectivity index (χ2n) is 2.38. The van der Waals surface area contributed by atoms with E-state index in [0.717, 1.165) is 18.2 Å². The summed E-state index contributed by atoms with van der Waals surface area (Å²) in [4.78, 5) is 10.4. The molecule has 0 saturated heterocycles. The average Bonchev–Trinajstić information content (AvgIpc) is 1.96. The summed E-state index contributed by atoms with van der Waals surface area (Å²) >= 11 is 0. The molecule has 0 bridgehead atoms. The standard InChI is InChI=1S/C8H7F2NO/c9-6-1-2-7(10)5(3-6)4-8(11)12/h1-3H,4H2,(H2,11,12). The van der Waals surface area contributed by atoms with Crippen molar-refractivity contribution in [1.29, 1.82) is 0 Å². The molecule has 0 radical (unpaired) electrons. The Morgan fingerprint density at radius 3 is 2.67 bits per heavy atom. The minimum absolute atomic E-state index is 0.0116. The van der Waals surface area contributed by atoms with E-state index in [0.29, 0.717) is 0 Å². The Bertz CT molecular complexity index is 312. The Hall–Kier alpha value is -1.45. The molecule has 0 spiro atoms. The maximum absolute atomic E-state index is 12.8. The molecule has 0 heterocycles. The molecule has 0 atom stereocenters. The van der Waals surface area contributed by atoms with E-state index in [1.165, 1.54) is 0 Å². The van der Waals surface area contributed by atoms with Crippen LogP contribution in [0.2, 0.25) is 0 Å². The number of hydrogen-bond acceptors (Lipinski definition) is 1. The van der Waals surface area contributed by atoms with Gasteiger partial charge in [-0.1, -0.05) is 0 Å². The van der Waals surface area contributed by atoms with E-state index in [1.807, 2.05) is 0 Å². The lowest BCUT2D eigenvalue weighted by Gasteiger charge is -1.99. The molecular formula is C8H7F2NO. The van der Waals surface area contributed by atoms with Crippen LogP contribution in [-0.4, -0.2) is 5.91 Å². The van der Waals surface area contributed by atoms with E-state index in [1.54, 1.807) is 0 Å². The number of halogens is 2. The first kappa shape index (κ1) is 8.64. The van der Waals surface area contributed by atoms with Crippen LogP contribution in [0.25, 0.3) is 0 Å². The fourth-order valence-corrected chi connectivity index (χ4v) is 0.866. The summed E-state index contributed by atoms with van der Waals surface area (Å²) in [7, 11) is 0. The van der Waals surface area contributed by atoms with Gasteiger partial charge in [0.25, 0.3) is 0 Å². The lowest BCUT2D eigenvalue weighted by molar-refractivity contribution is -0.117. The number of hydrogen-bond donors (Lipinski definition) is 1. The zero-order chi connectivity index (χ0) is 9.14. The van der Waals surface area contributed by atoms with E-state index in [9.17, 15) is 13.6 Å². The van der Waals surface area contributed by atoms with Crippen LogP contribution in [-0.2, 0) is 11.2 Å². The van der Waals surface area contributed by atoms with Gasteiger partial charge in [-0.05, 0) is 18.2 Å². The molecule has 12 heavy (non-hydrogen) atoms. The predicted molar refractivity (Wildman–Crippen MR) is 39.3 cm³/mol. The second kappa shape index (κ2) is 3.30. The van der Waals surface area contributed by atoms with E-state index in [2.05, 4.69) is 0 Å². The van der Waals surface area contributed by atoms with E-state index < -0.39 is 17.5 Å². The average molecular weight is 171 g/mol. The summed E-state index contributed by atoms with van der Waals surface area (Å²) in [6.45, 7) is 0. The third-order valence-corrected chi connectivity index (χ3v) is 1.37. The molecule has 0 aliphatic carbocycles. The molecule has 0 aliphatic heterocycles. The van der Waals surface area contributed by atoms with Crippen molar-refractivity contribution in [1.82, 2.24) is 0 Å². The van der Waals surface area contributed by atoms with Gasteiger partial charge in [0.05, 0.1) is 6.42 Å². The van der Waals surface area contributed by atoms with Gasteiger partial charge in [0.1, 0.15) is 11.6 Å². The molecule has 64 valence electrons. The van der Waals surface area contributed by atoms with Crippen LogP contribution in [0.1, 0.15) is 5.56 Å². The van der Waals surface area contributed by atoms with Crippen LogP contribution in [0.3, 0.4) is 0 Å². The highest BCUT2D eigenvalue weighted by Crippen LogP contribution is 2.09. The van der Waals surface area contributed by atoms with Crippen LogP contribution in [0.4, 0.5) is 8.78 Å². The monoisotopic (exact) mass is 171 g/mol. The van der Waals surface area contributed by atoms with Gasteiger partial charge in [-0.3, -0.25) is 4.79 Å². The third-order valence-electron chi connectivity index (χ3n) is 1.37. The maximum Gasteiger partial charge on any atom is 0.221 e. The second-order valence-corrected chi connectivity index (χ2v) is 2.38. The van der Waals surface area contributed by atoms with Crippen LogP contribution in [0, 0.1) is 11.6 Å². The van der Waals surface area contributed by atoms with Crippen LogP contribution in [0.5, 0.6) is 0 Å². The van der Waals surface area contributed by atoms with Gasteiger partial charge in [0.2, 0.25) is 5.91 Å². The van der Waals surface area contributed by atoms with Crippen molar-refractivity contribution in [3.05, 3.63) is 35.4 Å². The fraction of sp³-hybridized carbons (Fsp3) is 0.125. The Balaban J connectivity index is 2.97. The predicted octanol–water partition coefficient (Wildman–Crippen LogP) is 0.993. The van der Waals surface area contributed by atoms with Gasteiger partial charge in [0.15, 0.2) is 0 Å². The van der Waals surface area contributed by atoms with Gasteiger partial charge in [0, 0.05) is 5.56 Å². The summed E-state index contributed by atoms with van der Waals surface area (Å²) in [6.07, 6.45) is -0.274. The van der Waals surface area contributed by atoms with Crippen molar-refractivity contribution < 1.29 is 13.6 Å². The fourth-order valence-electron chi connectivity index (χ4n) is 0.866. The summed E-state index contributed by atoms with van der Waals surface area (Å²) in [5.74, 6) is -1.87. The molecule has 2 nitrogen and oxygen atoms in total. The first-order valence-corrected chi connectivity index (χ1v) is 3.32. The SMILES string of the molecule is NC(=O)Cc1cc(F)ccc1F. The van der Waals surface area contributed by atoms with Gasteiger partial charge in [-0.15, -0.1) is 0 Å². The summed E-state index contributed by atoms with van der Waals surface area (Å²) < 4.78 is 25.2. The Morgan fingerprint density at radius 2 is 2.08 bits per heavy atom. The first-order valence-electron chi connectivity index (χ1n) is 3.32. The first-order chi connectivity index (χ1) is 5.59. The van der Waals surface area contributed by atoms with E-state index in [-0.39, 0.29) is 12.0 Å². The zero-order valence-corrected chi connectivity index (χ0v) is 6.18. The Labute approximate surface area is 68.0 Å². The molecule has 1 aromatic rings. The Kier molecular flexibility index (Phi) is 2.38. The van der Waals surface area contributed by atoms with Gasteiger partial charge >= 0.3 is 0 Å². The number of rotatable bonds is 2. The smallest absolute Gasteiger partial charge is 0.221 e. The van der Waals surface area contributed by atoms with Gasteiger partial charge in [-0.25, -0.2) is 8.78 Å². The van der Waals surface area contributed by atoms with Crippen LogP contribution in [0.15, 0.2) is 18.2 Å². The molecule has 0 unspecified atom stereocenters. The normalized spacial score (nSPS) is 9.83. The largest absolute Gasteiger partial charge is 0.369 e. The number of primary amides is 1. The number of carbonyl (C=O) groups is 1. The van der Waals surface area contributed by atoms with Crippen molar-refractivity contribution >= 4 is 5.91 Å². The Morgan fingerprint density at radius 1 is 1.42 bits per heavy atom. The quantitative estimate of drug-likeness (QED) is 0.708. The lowest BCUT2D eigenvalue weighted by Crippen LogP contribution is -2.14. The molecule has 1 aromatic carbocycles. The zero-order valence-electron chi connectivity index (χ0n) is 6.18. The third kappa shape index (κ3) is 2.02. The van der Waals surface area contributed by atoms with Crippen molar-refractivity contribution in [2.45, 2.75) is 6.42 Å². The molecule has 4 heteroatoms. The highest BCUT2D eigenvalue weighted by atomic mass is 19.1. The van der Waals surface area contributed by atoms with Gasteiger partial charge in [-0.2, -0.15) is 0 Å². The number of benzene rings is 1. The summed E-state index contributed by atoms with van der Waals surface area (Å²) in [6, 6.07) is 2.91. The molecule has 0 aromatic heterocycles. The topological polar surface area (TPSA) is 43.1 Å². The van der Waals surface area contributed by atoms with Gasteiger partial charge < -0.3 is 5.73 Å². The lowest BCUT2D eigenvalue weighted by atomic mass is 10.1. The number of nitrogens with two attached hydrogens (primary N) is 1. The van der Waals surface area contributed by atoms with Crippen LogP contribution >= 0.6 is 0 Å². The van der Waals surface area contributed by atoms with Crippen molar-refractivity contribution in [3.8, 4) is 0 Å². The minimum Gasteiger partial charge on any atom is -0.369 e. The molecule has 2 N–H and O–H groups in total. The van der Waals surface area contributed by atoms with E-state index in [4.69, 9.17) is 5.73 Å².